The van der Waals surface area contributed by atoms with Gasteiger partial charge in [-0.3, -0.25) is 0 Å². The minimum atomic E-state index is 0. The molecule has 0 aliphatic rings. The Balaban J connectivity index is 0.000000397. The summed E-state index contributed by atoms with van der Waals surface area (Å²) in [7, 11) is 4.17. The van der Waals surface area contributed by atoms with Gasteiger partial charge in [-0.05, 0) is 75.0 Å². The number of para-hydroxylation sites is 3. The third kappa shape index (κ3) is 12.4. The topological polar surface area (TPSA) is 63.9 Å². The van der Waals surface area contributed by atoms with Gasteiger partial charge in [0.25, 0.3) is 0 Å². The first-order valence-corrected chi connectivity index (χ1v) is 21.7. The number of fused-ring (bicyclic) bond motifs is 3. The number of phenolic OH excluding ortho intramolecular Hbond substituents is 2. The van der Waals surface area contributed by atoms with Crippen LogP contribution in [0.1, 0.15) is 33.4 Å². The van der Waals surface area contributed by atoms with Gasteiger partial charge in [0.2, 0.25) is 0 Å². The molecule has 1 heterocycles. The minimum absolute atomic E-state index is 0. The molecule has 0 aliphatic heterocycles. The van der Waals surface area contributed by atoms with Crippen molar-refractivity contribution in [1.82, 2.24) is 14.4 Å². The van der Waals surface area contributed by atoms with Crippen molar-refractivity contribution < 1.29 is 36.4 Å². The van der Waals surface area contributed by atoms with E-state index >= 15 is 0 Å². The molecule has 0 radical (unpaired) electrons. The molecule has 0 amide bonds. The largest absolute Gasteiger partial charge is 2.00 e. The molecule has 0 fully saturated rings. The van der Waals surface area contributed by atoms with Gasteiger partial charge in [-0.2, -0.15) is 49.2 Å². The van der Waals surface area contributed by atoms with Crippen LogP contribution in [0.4, 0.5) is 11.4 Å². The van der Waals surface area contributed by atoms with Crippen LogP contribution < -0.4 is 5.32 Å². The molecule has 0 bridgehead atoms. The van der Waals surface area contributed by atoms with E-state index in [1.165, 1.54) is 10.8 Å². The summed E-state index contributed by atoms with van der Waals surface area (Å²) in [6.45, 7) is 14.4. The number of phenols is 2. The van der Waals surface area contributed by atoms with Crippen molar-refractivity contribution in [1.29, 1.82) is 0 Å². The van der Waals surface area contributed by atoms with E-state index in [-0.39, 0.29) is 32.0 Å². The molecule has 0 aliphatic carbocycles. The zero-order valence-electron chi connectivity index (χ0n) is 37.9. The maximum absolute atomic E-state index is 11.7. The molecule has 9 rings (SSSR count). The third-order valence-corrected chi connectivity index (χ3v) is 11.2. The fourth-order valence-electron chi connectivity index (χ4n) is 8.02. The fraction of sp³-hybridized carbons (Fsp3) is 0.138. The molecule has 0 saturated carbocycles. The first kappa shape index (κ1) is 48.0. The molecule has 326 valence electrons. The number of rotatable bonds is 11. The molecule has 1 aromatic heterocycles. The van der Waals surface area contributed by atoms with Crippen molar-refractivity contribution in [3.05, 3.63) is 235 Å². The quantitative estimate of drug-likeness (QED) is 0.0891. The van der Waals surface area contributed by atoms with Crippen molar-refractivity contribution in [3.63, 3.8) is 0 Å². The number of nitrogens with zero attached hydrogens (tertiary/aromatic N) is 3. The van der Waals surface area contributed by atoms with Crippen LogP contribution in [0, 0.1) is 27.7 Å². The Kier molecular flexibility index (Phi) is 16.9. The van der Waals surface area contributed by atoms with E-state index in [1.54, 1.807) is 0 Å². The van der Waals surface area contributed by atoms with Crippen molar-refractivity contribution in [2.75, 3.05) is 32.5 Å². The Morgan fingerprint density at radius 3 is 1.43 bits per heavy atom. The monoisotopic (exact) mass is 932 g/mol. The average molecular weight is 934 g/mol. The second kappa shape index (κ2) is 22.9. The van der Waals surface area contributed by atoms with Gasteiger partial charge < -0.3 is 29.9 Å². The summed E-state index contributed by atoms with van der Waals surface area (Å²) >= 11 is 0. The van der Waals surface area contributed by atoms with Crippen LogP contribution in [0.3, 0.4) is 0 Å². The molecule has 7 heteroatoms. The third-order valence-electron chi connectivity index (χ3n) is 11.2. The Hall–Kier alpha value is -6.50. The summed E-state index contributed by atoms with van der Waals surface area (Å²) in [5.74, 6) is 0.571. The molecule has 0 saturated heterocycles. The number of benzene rings is 8. The van der Waals surface area contributed by atoms with Crippen LogP contribution in [-0.4, -0.2) is 51.8 Å². The number of likely N-dealkylation sites (N-methyl/N-ethyl adjacent to an activating group) is 2. The van der Waals surface area contributed by atoms with Gasteiger partial charge in [0, 0.05) is 59.3 Å². The first-order valence-electron chi connectivity index (χ1n) is 21.7. The molecule has 0 atom stereocenters. The molecule has 6 nitrogen and oxygen atoms in total. The van der Waals surface area contributed by atoms with Gasteiger partial charge in [0.15, 0.2) is 0 Å². The van der Waals surface area contributed by atoms with Crippen LogP contribution >= 0.6 is 0 Å². The molecule has 3 N–H and O–H groups in total. The van der Waals surface area contributed by atoms with E-state index in [9.17, 15) is 10.2 Å². The molecule has 8 aromatic carbocycles. The first-order chi connectivity index (χ1) is 31.0. The molecular formula is C58H58N4O2Zr. The average Bonchev–Trinajstić information content (AvgIpc) is 3.64. The van der Waals surface area contributed by atoms with E-state index in [0.717, 1.165) is 80.0 Å². The number of nitrogens with one attached hydrogen (secondary N) is 1. The van der Waals surface area contributed by atoms with E-state index in [1.807, 2.05) is 103 Å². The van der Waals surface area contributed by atoms with Gasteiger partial charge in [-0.15, -0.1) is 24.3 Å². The molecule has 65 heavy (non-hydrogen) atoms. The van der Waals surface area contributed by atoms with Gasteiger partial charge in [0.1, 0.15) is 11.5 Å². The van der Waals surface area contributed by atoms with Crippen LogP contribution in [0.2, 0.25) is 0 Å². The van der Waals surface area contributed by atoms with E-state index in [4.69, 9.17) is 0 Å². The van der Waals surface area contributed by atoms with Crippen LogP contribution in [-0.2, 0) is 39.3 Å². The smallest absolute Gasteiger partial charge is 0.505 e. The Bertz CT molecular complexity index is 2830. The molecule has 0 spiro atoms. The van der Waals surface area contributed by atoms with E-state index in [2.05, 4.69) is 146 Å². The number of hydrogen-bond donors (Lipinski definition) is 3. The second-order valence-electron chi connectivity index (χ2n) is 16.5. The van der Waals surface area contributed by atoms with Gasteiger partial charge in [-0.1, -0.05) is 109 Å². The SMILES string of the molecule is Cc1cc(CN(C)CCN(C)Cc2cc(C)cc(-n3c4ccccc4c4ccccc43)c2O)c(O)c(Nc2ccccc2-c2ccccc2)c1.[CH2-]c1ccccc1.[CH2-]c1ccccc1.[Zr+2]. The summed E-state index contributed by atoms with van der Waals surface area (Å²) in [5, 5.41) is 29.0. The number of aromatic hydroxyl groups is 2. The van der Waals surface area contributed by atoms with E-state index in [0.29, 0.717) is 24.5 Å². The Labute approximate surface area is 404 Å². The van der Waals surface area contributed by atoms with Crippen LogP contribution in [0.5, 0.6) is 11.5 Å². The summed E-state index contributed by atoms with van der Waals surface area (Å²) < 4.78 is 2.18. The predicted molar refractivity (Wildman–Crippen MR) is 270 cm³/mol. The van der Waals surface area contributed by atoms with Gasteiger partial charge in [-0.25, -0.2) is 0 Å². The molecular weight excluding hydrogens is 876 g/mol. The normalized spacial score (nSPS) is 10.8. The van der Waals surface area contributed by atoms with Gasteiger partial charge >= 0.3 is 26.2 Å². The maximum Gasteiger partial charge on any atom is 2.00 e. The standard InChI is InChI=1S/C44H44N4O2.2C7H7.Zr/c1-30-24-33(43(49)39(26-30)45-38-19-11-8-16-35(38)32-14-6-5-7-15-32)28-46(3)22-23-47(4)29-34-25-31(2)27-42(44(34)50)48-40-20-12-9-17-36(40)37-18-10-13-21-41(37)48;2*1-7-5-3-2-4-6-7;/h5-21,24-27,45,49-50H,22-23,28-29H2,1-4H3;2*2-6H,1H2;/q;2*-1;+2. The zero-order chi connectivity index (χ0) is 45.0. The van der Waals surface area contributed by atoms with E-state index < -0.39 is 0 Å². The van der Waals surface area contributed by atoms with Crippen molar-refractivity contribution in [2.24, 2.45) is 0 Å². The van der Waals surface area contributed by atoms with Crippen LogP contribution in [0.25, 0.3) is 38.6 Å². The molecule has 0 unspecified atom stereocenters. The zero-order valence-corrected chi connectivity index (χ0v) is 40.3. The number of hydrogen-bond acceptors (Lipinski definition) is 5. The van der Waals surface area contributed by atoms with Crippen molar-refractivity contribution >= 4 is 33.2 Å². The fourth-order valence-corrected chi connectivity index (χ4v) is 8.02. The Morgan fingerprint density at radius 2 is 0.923 bits per heavy atom. The second-order valence-corrected chi connectivity index (χ2v) is 16.5. The number of aromatic nitrogens is 1. The maximum atomic E-state index is 11.7. The predicted octanol–water partition coefficient (Wildman–Crippen LogP) is 13.5. The molecule has 9 aromatic rings. The summed E-state index contributed by atoms with van der Waals surface area (Å²) in [6, 6.07) is 63.2. The Morgan fingerprint density at radius 1 is 0.492 bits per heavy atom. The summed E-state index contributed by atoms with van der Waals surface area (Å²) in [6.07, 6.45) is 0. The summed E-state index contributed by atoms with van der Waals surface area (Å²) in [4.78, 5) is 4.47. The van der Waals surface area contributed by atoms with Gasteiger partial charge in [0.05, 0.1) is 22.4 Å². The summed E-state index contributed by atoms with van der Waals surface area (Å²) in [5.41, 5.74) is 12.9. The van der Waals surface area contributed by atoms with Crippen molar-refractivity contribution in [2.45, 2.75) is 26.9 Å². The minimum Gasteiger partial charge on any atom is -0.505 e. The number of aryl methyl sites for hydroxylation is 2. The van der Waals surface area contributed by atoms with Crippen molar-refractivity contribution in [3.8, 4) is 28.3 Å². The van der Waals surface area contributed by atoms with Crippen LogP contribution in [0.15, 0.2) is 188 Å². The number of anilines is 2.